The summed E-state index contributed by atoms with van der Waals surface area (Å²) >= 11 is 0. The van der Waals surface area contributed by atoms with Gasteiger partial charge in [0.05, 0.1) is 17.5 Å². The molecule has 2 heterocycles. The number of hydrogen-bond donors (Lipinski definition) is 2. The second-order valence-corrected chi connectivity index (χ2v) is 7.38. The number of amides is 1. The van der Waals surface area contributed by atoms with E-state index in [0.717, 1.165) is 31.7 Å². The first-order valence-electron chi connectivity index (χ1n) is 9.15. The largest absolute Gasteiger partial charge is 0.349 e. The van der Waals surface area contributed by atoms with E-state index in [0.29, 0.717) is 11.5 Å². The fourth-order valence-electron chi connectivity index (χ4n) is 3.58. The van der Waals surface area contributed by atoms with Crippen molar-refractivity contribution >= 4 is 5.91 Å². The molecule has 0 unspecified atom stereocenters. The Morgan fingerprint density at radius 3 is 2.80 bits per heavy atom. The normalized spacial score (nSPS) is 19.3. The summed E-state index contributed by atoms with van der Waals surface area (Å²) < 4.78 is 0. The highest BCUT2D eigenvalue weighted by Crippen LogP contribution is 2.22. The van der Waals surface area contributed by atoms with E-state index in [1.165, 1.54) is 5.56 Å². The lowest BCUT2D eigenvalue weighted by molar-refractivity contribution is 0.0925. The number of likely N-dealkylation sites (tertiary alicyclic amines) is 1. The molecule has 5 heteroatoms. The molecule has 0 saturated carbocycles. The predicted molar refractivity (Wildman–Crippen MR) is 99.4 cm³/mol. The second-order valence-electron chi connectivity index (χ2n) is 7.38. The summed E-state index contributed by atoms with van der Waals surface area (Å²) in [4.78, 5) is 15.1. The topological polar surface area (TPSA) is 61.0 Å². The Kier molecular flexibility index (Phi) is 5.53. The van der Waals surface area contributed by atoms with Crippen LogP contribution in [0.4, 0.5) is 0 Å². The van der Waals surface area contributed by atoms with Crippen LogP contribution in [0.15, 0.2) is 36.5 Å². The van der Waals surface area contributed by atoms with Crippen molar-refractivity contribution in [3.05, 3.63) is 53.3 Å². The van der Waals surface area contributed by atoms with E-state index >= 15 is 0 Å². The number of benzene rings is 1. The van der Waals surface area contributed by atoms with Gasteiger partial charge in [0, 0.05) is 19.1 Å². The van der Waals surface area contributed by atoms with Gasteiger partial charge in [-0.25, -0.2) is 0 Å². The standard InChI is InChI=1S/C20H28N4O/c1-14(2)19-18(11-21-23-19)20(25)22-15(3)17-9-10-24(13-17)12-16-7-5-4-6-8-16/h4-8,11,14-15,17H,9-10,12-13H2,1-3H3,(H,21,23)(H,22,25)/t15-,17+/m0/s1. The average molecular weight is 340 g/mol. The predicted octanol–water partition coefficient (Wildman–Crippen LogP) is 3.17. The molecule has 1 aromatic heterocycles. The Morgan fingerprint density at radius 1 is 1.32 bits per heavy atom. The third-order valence-electron chi connectivity index (χ3n) is 5.11. The number of rotatable bonds is 6. The first-order chi connectivity index (χ1) is 12.0. The molecule has 2 aromatic rings. The van der Waals surface area contributed by atoms with E-state index in [-0.39, 0.29) is 17.9 Å². The van der Waals surface area contributed by atoms with Crippen molar-refractivity contribution in [1.29, 1.82) is 0 Å². The Labute approximate surface area is 149 Å². The summed E-state index contributed by atoms with van der Waals surface area (Å²) in [6.45, 7) is 9.33. The minimum absolute atomic E-state index is 0.0218. The molecule has 0 bridgehead atoms. The lowest BCUT2D eigenvalue weighted by Gasteiger charge is -2.22. The van der Waals surface area contributed by atoms with Crippen molar-refractivity contribution in [2.24, 2.45) is 5.92 Å². The molecule has 0 radical (unpaired) electrons. The molecule has 1 aliphatic rings. The molecule has 3 rings (SSSR count). The maximum Gasteiger partial charge on any atom is 0.254 e. The number of hydrogen-bond acceptors (Lipinski definition) is 3. The highest BCUT2D eigenvalue weighted by Gasteiger charge is 2.28. The van der Waals surface area contributed by atoms with Crippen LogP contribution in [0.5, 0.6) is 0 Å². The number of nitrogens with one attached hydrogen (secondary N) is 2. The lowest BCUT2D eigenvalue weighted by atomic mass is 9.99. The van der Waals surface area contributed by atoms with E-state index in [1.807, 2.05) is 0 Å². The quantitative estimate of drug-likeness (QED) is 0.849. The van der Waals surface area contributed by atoms with E-state index in [4.69, 9.17) is 0 Å². The van der Waals surface area contributed by atoms with Crippen molar-refractivity contribution in [3.8, 4) is 0 Å². The van der Waals surface area contributed by atoms with Gasteiger partial charge in [-0.2, -0.15) is 5.10 Å². The second kappa shape index (κ2) is 7.83. The lowest BCUT2D eigenvalue weighted by Crippen LogP contribution is -2.39. The maximum absolute atomic E-state index is 12.6. The number of H-pyrrole nitrogens is 1. The molecule has 1 saturated heterocycles. The van der Waals surface area contributed by atoms with Crippen molar-refractivity contribution in [3.63, 3.8) is 0 Å². The summed E-state index contributed by atoms with van der Waals surface area (Å²) in [6, 6.07) is 10.7. The maximum atomic E-state index is 12.6. The molecule has 1 aliphatic heterocycles. The van der Waals surface area contributed by atoms with Gasteiger partial charge in [0.1, 0.15) is 0 Å². The Hall–Kier alpha value is -2.14. The molecule has 1 amide bonds. The van der Waals surface area contributed by atoms with E-state index < -0.39 is 0 Å². The monoisotopic (exact) mass is 340 g/mol. The van der Waals surface area contributed by atoms with Crippen LogP contribution < -0.4 is 5.32 Å². The number of aromatic nitrogens is 2. The van der Waals surface area contributed by atoms with Gasteiger partial charge in [0.2, 0.25) is 0 Å². The van der Waals surface area contributed by atoms with Gasteiger partial charge in [-0.1, -0.05) is 44.2 Å². The first kappa shape index (κ1) is 17.7. The Bertz CT molecular complexity index is 695. The van der Waals surface area contributed by atoms with Crippen LogP contribution >= 0.6 is 0 Å². The van der Waals surface area contributed by atoms with Gasteiger partial charge in [-0.15, -0.1) is 0 Å². The van der Waals surface area contributed by atoms with Gasteiger partial charge >= 0.3 is 0 Å². The number of carbonyl (C=O) groups excluding carboxylic acids is 1. The number of aromatic amines is 1. The summed E-state index contributed by atoms with van der Waals surface area (Å²) in [5, 5.41) is 10.2. The minimum atomic E-state index is -0.0218. The zero-order valence-corrected chi connectivity index (χ0v) is 15.3. The molecule has 2 atom stereocenters. The van der Waals surface area contributed by atoms with Gasteiger partial charge in [-0.05, 0) is 37.3 Å². The molecule has 134 valence electrons. The van der Waals surface area contributed by atoms with Crippen LogP contribution in [0, 0.1) is 5.92 Å². The fraction of sp³-hybridized carbons (Fsp3) is 0.500. The first-order valence-corrected chi connectivity index (χ1v) is 9.15. The number of carbonyl (C=O) groups is 1. The molecule has 5 nitrogen and oxygen atoms in total. The zero-order valence-electron chi connectivity index (χ0n) is 15.3. The molecule has 2 N–H and O–H groups in total. The molecule has 1 aromatic carbocycles. The molecule has 0 aliphatic carbocycles. The highest BCUT2D eigenvalue weighted by atomic mass is 16.1. The smallest absolute Gasteiger partial charge is 0.254 e. The third-order valence-corrected chi connectivity index (χ3v) is 5.11. The molecule has 0 spiro atoms. The van der Waals surface area contributed by atoms with Crippen molar-refractivity contribution in [1.82, 2.24) is 20.4 Å². The molecular formula is C20H28N4O. The minimum Gasteiger partial charge on any atom is -0.349 e. The Balaban J connectivity index is 1.54. The van der Waals surface area contributed by atoms with Crippen LogP contribution in [0.1, 0.15) is 54.7 Å². The SMILES string of the molecule is CC(C)c1[nH]ncc1C(=O)N[C@@H](C)[C@@H]1CCN(Cc2ccccc2)C1. The summed E-state index contributed by atoms with van der Waals surface area (Å²) in [5.41, 5.74) is 2.92. The molecular weight excluding hydrogens is 312 g/mol. The number of nitrogens with zero attached hydrogens (tertiary/aromatic N) is 2. The summed E-state index contributed by atoms with van der Waals surface area (Å²) in [6.07, 6.45) is 2.75. The van der Waals surface area contributed by atoms with E-state index in [2.05, 4.69) is 71.5 Å². The van der Waals surface area contributed by atoms with Crippen molar-refractivity contribution in [2.75, 3.05) is 13.1 Å². The van der Waals surface area contributed by atoms with Crippen LogP contribution in [0.2, 0.25) is 0 Å². The van der Waals surface area contributed by atoms with Crippen molar-refractivity contribution in [2.45, 2.75) is 45.7 Å². The van der Waals surface area contributed by atoms with Gasteiger partial charge in [0.15, 0.2) is 0 Å². The van der Waals surface area contributed by atoms with Crippen LogP contribution in [-0.2, 0) is 6.54 Å². The van der Waals surface area contributed by atoms with E-state index in [9.17, 15) is 4.79 Å². The average Bonchev–Trinajstić information content (AvgIpc) is 3.25. The van der Waals surface area contributed by atoms with Crippen LogP contribution in [0.25, 0.3) is 0 Å². The van der Waals surface area contributed by atoms with Crippen molar-refractivity contribution < 1.29 is 4.79 Å². The van der Waals surface area contributed by atoms with Gasteiger partial charge in [0.25, 0.3) is 5.91 Å². The van der Waals surface area contributed by atoms with Gasteiger partial charge in [-0.3, -0.25) is 14.8 Å². The third kappa shape index (κ3) is 4.28. The molecule has 25 heavy (non-hydrogen) atoms. The summed E-state index contributed by atoms with van der Waals surface area (Å²) in [5.74, 6) is 0.722. The molecule has 1 fully saturated rings. The van der Waals surface area contributed by atoms with Gasteiger partial charge < -0.3 is 5.32 Å². The fourth-order valence-corrected chi connectivity index (χ4v) is 3.58. The highest BCUT2D eigenvalue weighted by molar-refractivity contribution is 5.95. The van der Waals surface area contributed by atoms with Crippen LogP contribution in [-0.4, -0.2) is 40.1 Å². The summed E-state index contributed by atoms with van der Waals surface area (Å²) in [7, 11) is 0. The Morgan fingerprint density at radius 2 is 2.08 bits per heavy atom. The van der Waals surface area contributed by atoms with E-state index in [1.54, 1.807) is 6.20 Å². The van der Waals surface area contributed by atoms with Crippen LogP contribution in [0.3, 0.4) is 0 Å². The zero-order chi connectivity index (χ0) is 17.8.